The average Bonchev–Trinajstić information content (AvgIpc) is 2.48. The summed E-state index contributed by atoms with van der Waals surface area (Å²) in [5.41, 5.74) is 0. The van der Waals surface area contributed by atoms with Crippen LogP contribution >= 0.6 is 11.6 Å². The zero-order valence-electron chi connectivity index (χ0n) is 12.3. The van der Waals surface area contributed by atoms with Crippen molar-refractivity contribution in [3.05, 3.63) is 29.3 Å². The predicted molar refractivity (Wildman–Crippen MR) is 84.4 cm³/mol. The molecular weight excluding hydrogens is 330 g/mol. The monoisotopic (exact) mass is 349 g/mol. The number of amides is 1. The van der Waals surface area contributed by atoms with E-state index in [1.54, 1.807) is 19.2 Å². The van der Waals surface area contributed by atoms with Crippen molar-refractivity contribution in [2.75, 3.05) is 39.9 Å². The molecule has 0 unspecified atom stereocenters. The number of benzene rings is 1. The zero-order valence-corrected chi connectivity index (χ0v) is 13.8. The van der Waals surface area contributed by atoms with E-state index in [0.29, 0.717) is 18.2 Å². The molecule has 3 N–H and O–H groups in total. The van der Waals surface area contributed by atoms with Crippen molar-refractivity contribution in [3.63, 3.8) is 0 Å². The van der Waals surface area contributed by atoms with Gasteiger partial charge in [-0.05, 0) is 18.2 Å². The Morgan fingerprint density at radius 1 is 1.27 bits per heavy atom. The molecular formula is C13H20ClN3O4S. The molecule has 1 aromatic carbocycles. The van der Waals surface area contributed by atoms with E-state index in [-0.39, 0.29) is 30.4 Å². The first-order valence-corrected chi connectivity index (χ1v) is 8.53. The number of rotatable bonds is 10. The van der Waals surface area contributed by atoms with Gasteiger partial charge >= 0.3 is 0 Å². The van der Waals surface area contributed by atoms with Crippen LogP contribution in [0, 0.1) is 0 Å². The Kier molecular flexibility index (Phi) is 8.36. The molecule has 0 aliphatic heterocycles. The Hall–Kier alpha value is -1.19. The van der Waals surface area contributed by atoms with Crippen molar-refractivity contribution in [3.8, 4) is 0 Å². The summed E-state index contributed by atoms with van der Waals surface area (Å²) < 4.78 is 31.2. The maximum atomic E-state index is 12.0. The molecule has 0 aliphatic carbocycles. The molecule has 0 fully saturated rings. The van der Waals surface area contributed by atoms with Crippen LogP contribution in [0.15, 0.2) is 29.2 Å². The van der Waals surface area contributed by atoms with Crippen molar-refractivity contribution < 1.29 is 17.9 Å². The van der Waals surface area contributed by atoms with Gasteiger partial charge in [0.25, 0.3) is 0 Å². The standard InChI is InChI=1S/C13H20ClN3O4S/c1-21-8-7-15-10-13(18)16-5-6-17-22(19,20)12-4-2-3-11(14)9-12/h2-4,9,15,17H,5-8,10H2,1H3,(H,16,18). The molecule has 1 amide bonds. The molecule has 0 atom stereocenters. The molecule has 9 heteroatoms. The lowest BCUT2D eigenvalue weighted by atomic mass is 10.4. The van der Waals surface area contributed by atoms with Gasteiger partial charge < -0.3 is 15.4 Å². The molecule has 1 rings (SSSR count). The summed E-state index contributed by atoms with van der Waals surface area (Å²) in [4.78, 5) is 11.5. The van der Waals surface area contributed by atoms with Gasteiger partial charge in [0.2, 0.25) is 15.9 Å². The van der Waals surface area contributed by atoms with E-state index in [4.69, 9.17) is 16.3 Å². The van der Waals surface area contributed by atoms with E-state index in [0.717, 1.165) is 0 Å². The third-order valence-electron chi connectivity index (χ3n) is 2.61. The van der Waals surface area contributed by atoms with Crippen LogP contribution in [-0.2, 0) is 19.6 Å². The van der Waals surface area contributed by atoms with Crippen molar-refractivity contribution in [1.29, 1.82) is 0 Å². The van der Waals surface area contributed by atoms with Crippen molar-refractivity contribution >= 4 is 27.5 Å². The molecule has 0 aliphatic rings. The molecule has 0 saturated heterocycles. The fraction of sp³-hybridized carbons (Fsp3) is 0.462. The first-order chi connectivity index (χ1) is 10.5. The summed E-state index contributed by atoms with van der Waals surface area (Å²) in [5, 5.41) is 5.83. The molecule has 0 saturated carbocycles. The first-order valence-electron chi connectivity index (χ1n) is 6.67. The summed E-state index contributed by atoms with van der Waals surface area (Å²) in [6, 6.07) is 5.97. The highest BCUT2D eigenvalue weighted by Crippen LogP contribution is 2.14. The molecule has 1 aromatic rings. The second kappa shape index (κ2) is 9.75. The normalized spacial score (nSPS) is 11.4. The van der Waals surface area contributed by atoms with Crippen LogP contribution in [0.25, 0.3) is 0 Å². The number of sulfonamides is 1. The number of methoxy groups -OCH3 is 1. The maximum absolute atomic E-state index is 12.0. The van der Waals surface area contributed by atoms with Gasteiger partial charge in [0.05, 0.1) is 18.0 Å². The molecule has 0 heterocycles. The molecule has 0 bridgehead atoms. The zero-order chi connectivity index (χ0) is 16.4. The summed E-state index contributed by atoms with van der Waals surface area (Å²) in [7, 11) is -2.05. The Morgan fingerprint density at radius 3 is 2.73 bits per heavy atom. The van der Waals surface area contributed by atoms with Crippen LogP contribution in [0.5, 0.6) is 0 Å². The van der Waals surface area contributed by atoms with Crippen LogP contribution in [0.1, 0.15) is 0 Å². The second-order valence-electron chi connectivity index (χ2n) is 4.37. The van der Waals surface area contributed by atoms with Crippen LogP contribution in [0.2, 0.25) is 5.02 Å². The highest BCUT2D eigenvalue weighted by molar-refractivity contribution is 7.89. The number of halogens is 1. The van der Waals surface area contributed by atoms with Gasteiger partial charge in [-0.1, -0.05) is 17.7 Å². The lowest BCUT2D eigenvalue weighted by Gasteiger charge is -2.09. The van der Waals surface area contributed by atoms with Gasteiger partial charge in [-0.2, -0.15) is 0 Å². The smallest absolute Gasteiger partial charge is 0.240 e. The summed E-state index contributed by atoms with van der Waals surface area (Å²) in [5.74, 6) is -0.210. The Morgan fingerprint density at radius 2 is 2.05 bits per heavy atom. The predicted octanol–water partition coefficient (Wildman–Crippen LogP) is -0.0295. The summed E-state index contributed by atoms with van der Waals surface area (Å²) in [6.45, 7) is 1.55. The molecule has 0 radical (unpaired) electrons. The van der Waals surface area contributed by atoms with Crippen LogP contribution in [-0.4, -0.2) is 54.2 Å². The molecule has 22 heavy (non-hydrogen) atoms. The number of hydrogen-bond acceptors (Lipinski definition) is 5. The lowest BCUT2D eigenvalue weighted by molar-refractivity contribution is -0.120. The van der Waals surface area contributed by atoms with Gasteiger partial charge in [0, 0.05) is 31.8 Å². The number of carbonyl (C=O) groups is 1. The van der Waals surface area contributed by atoms with Crippen molar-refractivity contribution in [2.24, 2.45) is 0 Å². The highest BCUT2D eigenvalue weighted by atomic mass is 35.5. The fourth-order valence-corrected chi connectivity index (χ4v) is 2.88. The minimum Gasteiger partial charge on any atom is -0.383 e. The van der Waals surface area contributed by atoms with Gasteiger partial charge in [-0.25, -0.2) is 13.1 Å². The average molecular weight is 350 g/mol. The van der Waals surface area contributed by atoms with E-state index in [2.05, 4.69) is 15.4 Å². The topological polar surface area (TPSA) is 96.5 Å². The fourth-order valence-electron chi connectivity index (χ4n) is 1.54. The van der Waals surface area contributed by atoms with E-state index >= 15 is 0 Å². The summed E-state index contributed by atoms with van der Waals surface area (Å²) >= 11 is 5.76. The Labute approximate surface area is 135 Å². The van der Waals surface area contributed by atoms with Crippen LogP contribution < -0.4 is 15.4 Å². The van der Waals surface area contributed by atoms with Crippen molar-refractivity contribution in [1.82, 2.24) is 15.4 Å². The van der Waals surface area contributed by atoms with Gasteiger partial charge in [-0.15, -0.1) is 0 Å². The number of nitrogens with one attached hydrogen (secondary N) is 3. The van der Waals surface area contributed by atoms with Crippen LogP contribution in [0.3, 0.4) is 0 Å². The number of hydrogen-bond donors (Lipinski definition) is 3. The van der Waals surface area contributed by atoms with Gasteiger partial charge in [0.15, 0.2) is 0 Å². The van der Waals surface area contributed by atoms with E-state index in [9.17, 15) is 13.2 Å². The third-order valence-corrected chi connectivity index (χ3v) is 4.31. The Bertz CT molecular complexity index is 580. The SMILES string of the molecule is COCCNCC(=O)NCCNS(=O)(=O)c1cccc(Cl)c1. The van der Waals surface area contributed by atoms with E-state index in [1.165, 1.54) is 12.1 Å². The van der Waals surface area contributed by atoms with Gasteiger partial charge in [0.1, 0.15) is 0 Å². The third kappa shape index (κ3) is 7.19. The van der Waals surface area contributed by atoms with Gasteiger partial charge in [-0.3, -0.25) is 4.79 Å². The lowest BCUT2D eigenvalue weighted by Crippen LogP contribution is -2.39. The molecule has 0 aromatic heterocycles. The molecule has 7 nitrogen and oxygen atoms in total. The maximum Gasteiger partial charge on any atom is 0.240 e. The minimum atomic E-state index is -3.62. The number of carbonyl (C=O) groups excluding carboxylic acids is 1. The molecule has 124 valence electrons. The van der Waals surface area contributed by atoms with Crippen molar-refractivity contribution in [2.45, 2.75) is 4.90 Å². The van der Waals surface area contributed by atoms with E-state index < -0.39 is 10.0 Å². The first kappa shape index (κ1) is 18.9. The second-order valence-corrected chi connectivity index (χ2v) is 6.58. The van der Waals surface area contributed by atoms with E-state index in [1.807, 2.05) is 0 Å². The largest absolute Gasteiger partial charge is 0.383 e. The Balaban J connectivity index is 2.27. The van der Waals surface area contributed by atoms with Crippen LogP contribution in [0.4, 0.5) is 0 Å². The molecule has 0 spiro atoms. The summed E-state index contributed by atoms with van der Waals surface area (Å²) in [6.07, 6.45) is 0. The number of ether oxygens (including phenoxy) is 1. The highest BCUT2D eigenvalue weighted by Gasteiger charge is 2.13. The minimum absolute atomic E-state index is 0.0903. The quantitative estimate of drug-likeness (QED) is 0.515.